The first-order valence-electron chi connectivity index (χ1n) is 17.3. The Labute approximate surface area is 291 Å². The van der Waals surface area contributed by atoms with E-state index in [9.17, 15) is 24.9 Å². The number of hydrogen-bond acceptors (Lipinski definition) is 8. The third-order valence-corrected chi connectivity index (χ3v) is 10.8. The fraction of sp³-hybridized carbons (Fsp3) is 0.366. The maximum atomic E-state index is 14.2. The number of aromatic hydroxyl groups is 2. The summed E-state index contributed by atoms with van der Waals surface area (Å²) in [6, 6.07) is 18.7. The molecule has 1 saturated carbocycles. The number of aliphatic hydroxyl groups is 1. The van der Waals surface area contributed by atoms with Crippen LogP contribution in [-0.2, 0) is 20.7 Å². The Morgan fingerprint density at radius 2 is 1.74 bits per heavy atom. The van der Waals surface area contributed by atoms with Crippen molar-refractivity contribution in [1.29, 1.82) is 0 Å². The van der Waals surface area contributed by atoms with Crippen LogP contribution in [0.5, 0.6) is 23.0 Å². The molecule has 0 amide bonds. The number of methoxy groups -OCH3 is 2. The van der Waals surface area contributed by atoms with E-state index in [1.807, 2.05) is 18.2 Å². The highest BCUT2D eigenvalue weighted by Crippen LogP contribution is 2.56. The zero-order valence-electron chi connectivity index (χ0n) is 28.5. The SMILES string of the molecule is COc1cc(CC(O)C(CC(=O)CC2c3cc(OC)c(O)cc3C(c3cc4ccccc4[nH]3)=C3C=CC4CCC2C3C4)OC(C)=O)ccc1O. The van der Waals surface area contributed by atoms with Gasteiger partial charge in [0.2, 0.25) is 0 Å². The quantitative estimate of drug-likeness (QED) is 0.125. The van der Waals surface area contributed by atoms with Gasteiger partial charge in [-0.05, 0) is 102 Å². The van der Waals surface area contributed by atoms with E-state index in [2.05, 4.69) is 35.3 Å². The van der Waals surface area contributed by atoms with E-state index in [-0.39, 0.29) is 60.0 Å². The summed E-state index contributed by atoms with van der Waals surface area (Å²) in [5, 5.41) is 33.5. The van der Waals surface area contributed by atoms with Crippen LogP contribution in [0.2, 0.25) is 0 Å². The summed E-state index contributed by atoms with van der Waals surface area (Å²) in [7, 11) is 2.97. The highest BCUT2D eigenvalue weighted by molar-refractivity contribution is 5.93. The zero-order valence-corrected chi connectivity index (χ0v) is 28.5. The molecule has 6 unspecified atom stereocenters. The molecule has 3 aliphatic carbocycles. The van der Waals surface area contributed by atoms with E-state index in [0.717, 1.165) is 52.6 Å². The standard InChI is InChI=1S/C41H43NO8/c1-22(43)50-40(36(46)15-24-10-13-35(45)38(16-24)48-2)19-26(44)18-30-27-11-8-23-9-12-28(29(27)14-23)41(32-20-37(47)39(49-3)21-31(30)32)34-17-25-6-4-5-7-33(25)42-34/h4-7,9-10,12-13,16-17,20-21,23,27,29-30,36,40,42,45-47H,8,11,14-15,18-19H2,1-3H3. The summed E-state index contributed by atoms with van der Waals surface area (Å²) in [5.41, 5.74) is 6.65. The molecule has 1 fully saturated rings. The van der Waals surface area contributed by atoms with Gasteiger partial charge in [-0.3, -0.25) is 9.59 Å². The van der Waals surface area contributed by atoms with Crippen LogP contribution in [0.25, 0.3) is 16.5 Å². The maximum absolute atomic E-state index is 14.2. The topological polar surface area (TPSA) is 138 Å². The van der Waals surface area contributed by atoms with Gasteiger partial charge in [0, 0.05) is 48.4 Å². The van der Waals surface area contributed by atoms with Crippen molar-refractivity contribution < 1.29 is 39.1 Å². The van der Waals surface area contributed by atoms with Crippen molar-refractivity contribution >= 4 is 28.2 Å². The van der Waals surface area contributed by atoms with Crippen LogP contribution in [-0.4, -0.2) is 58.5 Å². The summed E-state index contributed by atoms with van der Waals surface area (Å²) in [5.74, 6) is 0.466. The number of ketones is 1. The molecule has 3 aliphatic rings. The van der Waals surface area contributed by atoms with Crippen LogP contribution >= 0.6 is 0 Å². The first-order valence-corrected chi connectivity index (χ1v) is 17.3. The van der Waals surface area contributed by atoms with E-state index >= 15 is 0 Å². The Morgan fingerprint density at radius 3 is 2.50 bits per heavy atom. The van der Waals surface area contributed by atoms with Gasteiger partial charge in [0.15, 0.2) is 23.0 Å². The number of Topliss-reactive ketones (excluding diaryl/α,β-unsaturated/α-hetero) is 1. The van der Waals surface area contributed by atoms with Gasteiger partial charge in [0.25, 0.3) is 0 Å². The largest absolute Gasteiger partial charge is 0.504 e. The summed E-state index contributed by atoms with van der Waals surface area (Å²) >= 11 is 0. The van der Waals surface area contributed by atoms with Crippen LogP contribution in [0.4, 0.5) is 0 Å². The molecule has 9 heteroatoms. The molecule has 9 nitrogen and oxygen atoms in total. The monoisotopic (exact) mass is 677 g/mol. The van der Waals surface area contributed by atoms with E-state index < -0.39 is 18.2 Å². The lowest BCUT2D eigenvalue weighted by molar-refractivity contribution is -0.154. The predicted octanol–water partition coefficient (Wildman–Crippen LogP) is 6.98. The number of aromatic amines is 1. The van der Waals surface area contributed by atoms with Gasteiger partial charge >= 0.3 is 5.97 Å². The zero-order chi connectivity index (χ0) is 35.1. The first-order chi connectivity index (χ1) is 24.1. The van der Waals surface area contributed by atoms with Crippen molar-refractivity contribution in [3.63, 3.8) is 0 Å². The number of aromatic nitrogens is 1. The molecular formula is C41H43NO8. The number of carbonyl (C=O) groups excluding carboxylic acids is 2. The number of aliphatic hydroxyl groups excluding tert-OH is 1. The molecule has 0 spiro atoms. The number of benzene rings is 3. The number of rotatable bonds is 11. The number of para-hydroxylation sites is 1. The fourth-order valence-corrected chi connectivity index (χ4v) is 8.54. The normalized spacial score (nSPS) is 22.0. The maximum Gasteiger partial charge on any atom is 0.303 e. The smallest absolute Gasteiger partial charge is 0.303 e. The lowest BCUT2D eigenvalue weighted by Gasteiger charge is -2.42. The summed E-state index contributed by atoms with van der Waals surface area (Å²) in [4.78, 5) is 30.0. The first kappa shape index (κ1) is 33.5. The second-order valence-electron chi connectivity index (χ2n) is 13.9. The second-order valence-corrected chi connectivity index (χ2v) is 13.9. The molecular weight excluding hydrogens is 634 g/mol. The van der Waals surface area contributed by atoms with Crippen molar-refractivity contribution in [2.45, 2.75) is 63.6 Å². The minimum Gasteiger partial charge on any atom is -0.504 e. The number of phenols is 2. The van der Waals surface area contributed by atoms with E-state index in [1.54, 1.807) is 18.2 Å². The molecule has 50 heavy (non-hydrogen) atoms. The van der Waals surface area contributed by atoms with Crippen molar-refractivity contribution in [1.82, 2.24) is 4.98 Å². The molecule has 0 saturated heterocycles. The van der Waals surface area contributed by atoms with Crippen LogP contribution < -0.4 is 9.47 Å². The van der Waals surface area contributed by atoms with Gasteiger partial charge in [-0.1, -0.05) is 36.4 Å². The molecule has 260 valence electrons. The van der Waals surface area contributed by atoms with Gasteiger partial charge < -0.3 is 34.5 Å². The molecule has 7 rings (SSSR count). The molecule has 0 aliphatic heterocycles. The molecule has 2 bridgehead atoms. The Kier molecular flexibility index (Phi) is 9.18. The number of carbonyl (C=O) groups is 2. The van der Waals surface area contributed by atoms with E-state index in [0.29, 0.717) is 17.2 Å². The molecule has 6 atom stereocenters. The summed E-state index contributed by atoms with van der Waals surface area (Å²) in [6.07, 6.45) is 5.36. The van der Waals surface area contributed by atoms with Gasteiger partial charge in [-0.25, -0.2) is 0 Å². The van der Waals surface area contributed by atoms with Crippen molar-refractivity contribution in [3.8, 4) is 23.0 Å². The van der Waals surface area contributed by atoms with Crippen LogP contribution in [0, 0.1) is 17.8 Å². The fourth-order valence-electron chi connectivity index (χ4n) is 8.54. The van der Waals surface area contributed by atoms with Crippen LogP contribution in [0.15, 0.2) is 78.4 Å². The lowest BCUT2D eigenvalue weighted by atomic mass is 9.62. The Hall–Kier alpha value is -5.02. The third-order valence-electron chi connectivity index (χ3n) is 10.8. The van der Waals surface area contributed by atoms with E-state index in [4.69, 9.17) is 14.2 Å². The number of hydrogen-bond donors (Lipinski definition) is 4. The number of phenolic OH excluding ortho intramolecular Hbond substituents is 2. The number of fused-ring (bicyclic) bond motifs is 3. The highest BCUT2D eigenvalue weighted by Gasteiger charge is 2.44. The number of ether oxygens (including phenoxy) is 3. The third kappa shape index (κ3) is 6.38. The molecule has 4 aromatic rings. The average Bonchev–Trinajstić information content (AvgIpc) is 3.48. The summed E-state index contributed by atoms with van der Waals surface area (Å²) < 4.78 is 16.4. The number of nitrogens with one attached hydrogen (secondary N) is 1. The average molecular weight is 678 g/mol. The van der Waals surface area contributed by atoms with Gasteiger partial charge in [-0.2, -0.15) is 0 Å². The molecule has 1 heterocycles. The highest BCUT2D eigenvalue weighted by atomic mass is 16.6. The van der Waals surface area contributed by atoms with Crippen LogP contribution in [0.3, 0.4) is 0 Å². The Bertz CT molecular complexity index is 1970. The number of H-pyrrole nitrogens is 1. The van der Waals surface area contributed by atoms with Gasteiger partial charge in [0.05, 0.1) is 20.3 Å². The predicted molar refractivity (Wildman–Crippen MR) is 189 cm³/mol. The van der Waals surface area contributed by atoms with E-state index in [1.165, 1.54) is 32.8 Å². The van der Waals surface area contributed by atoms with Gasteiger partial charge in [-0.15, -0.1) is 0 Å². The number of allylic oxidation sites excluding steroid dienone is 3. The lowest BCUT2D eigenvalue weighted by Crippen LogP contribution is -2.36. The Balaban J connectivity index is 1.26. The van der Waals surface area contributed by atoms with Crippen molar-refractivity contribution in [2.24, 2.45) is 17.8 Å². The summed E-state index contributed by atoms with van der Waals surface area (Å²) in [6.45, 7) is 1.27. The number of esters is 1. The second kappa shape index (κ2) is 13.7. The molecule has 3 aromatic carbocycles. The van der Waals surface area contributed by atoms with Crippen molar-refractivity contribution in [2.75, 3.05) is 14.2 Å². The molecule has 1 aromatic heterocycles. The van der Waals surface area contributed by atoms with Crippen molar-refractivity contribution in [3.05, 3.63) is 101 Å². The van der Waals surface area contributed by atoms with Crippen LogP contribution in [0.1, 0.15) is 67.3 Å². The minimum atomic E-state index is -1.17. The van der Waals surface area contributed by atoms with Gasteiger partial charge in [0.1, 0.15) is 11.9 Å². The minimum absolute atomic E-state index is 0.0250. The molecule has 0 radical (unpaired) electrons. The molecule has 4 N–H and O–H groups in total. The Morgan fingerprint density at radius 1 is 0.960 bits per heavy atom.